The Balaban J connectivity index is 3.23. The molecule has 1 aromatic rings. The van der Waals surface area contributed by atoms with Gasteiger partial charge in [0.25, 0.3) is 0 Å². The van der Waals surface area contributed by atoms with Gasteiger partial charge in [0.1, 0.15) is 0 Å². The van der Waals surface area contributed by atoms with Gasteiger partial charge >= 0.3 is 0 Å². The van der Waals surface area contributed by atoms with Crippen molar-refractivity contribution in [2.75, 3.05) is 6.61 Å². The Morgan fingerprint density at radius 2 is 2.00 bits per heavy atom. The lowest BCUT2D eigenvalue weighted by Crippen LogP contribution is -2.38. The van der Waals surface area contributed by atoms with E-state index in [9.17, 15) is 0 Å². The lowest BCUT2D eigenvalue weighted by atomic mass is 9.89. The van der Waals surface area contributed by atoms with Crippen molar-refractivity contribution in [2.24, 2.45) is 5.73 Å². The number of nitrogens with two attached hydrogens (primary N) is 1. The van der Waals surface area contributed by atoms with Crippen molar-refractivity contribution in [3.63, 3.8) is 0 Å². The fraction of sp³-hybridized carbons (Fsp3) is 0.455. The van der Waals surface area contributed by atoms with E-state index >= 15 is 0 Å². The van der Waals surface area contributed by atoms with Gasteiger partial charge in [0.2, 0.25) is 0 Å². The minimum atomic E-state index is -0.788. The number of hydrogen-bond donors (Lipinski definition) is 3. The van der Waals surface area contributed by atoms with E-state index in [1.54, 1.807) is 6.92 Å². The van der Waals surface area contributed by atoms with E-state index in [-0.39, 0.29) is 13.2 Å². The molecule has 0 bridgehead atoms. The quantitative estimate of drug-likeness (QED) is 0.663. The third-order valence-corrected chi connectivity index (χ3v) is 2.38. The Morgan fingerprint density at radius 3 is 2.50 bits per heavy atom. The molecule has 0 saturated carbocycles. The van der Waals surface area contributed by atoms with Gasteiger partial charge in [0.05, 0.1) is 18.8 Å². The molecule has 0 fully saturated rings. The van der Waals surface area contributed by atoms with E-state index < -0.39 is 5.54 Å². The number of aliphatic hydroxyl groups excluding tert-OH is 2. The molecule has 0 radical (unpaired) electrons. The second kappa shape index (κ2) is 4.09. The van der Waals surface area contributed by atoms with E-state index in [4.69, 9.17) is 15.9 Å². The average molecular weight is 195 g/mol. The van der Waals surface area contributed by atoms with Crippen molar-refractivity contribution in [3.8, 4) is 0 Å². The second-order valence-corrected chi connectivity index (χ2v) is 3.89. The molecule has 0 spiro atoms. The van der Waals surface area contributed by atoms with Crippen LogP contribution in [0.15, 0.2) is 18.2 Å². The van der Waals surface area contributed by atoms with Crippen LogP contribution in [0.25, 0.3) is 0 Å². The molecule has 0 amide bonds. The molecule has 0 heterocycles. The van der Waals surface area contributed by atoms with E-state index in [0.717, 1.165) is 16.7 Å². The number of benzene rings is 1. The van der Waals surface area contributed by atoms with Crippen molar-refractivity contribution in [1.29, 1.82) is 0 Å². The summed E-state index contributed by atoms with van der Waals surface area (Å²) in [6, 6.07) is 5.66. The second-order valence-electron chi connectivity index (χ2n) is 3.89. The van der Waals surface area contributed by atoms with Gasteiger partial charge in [-0.15, -0.1) is 0 Å². The topological polar surface area (TPSA) is 66.5 Å². The zero-order valence-electron chi connectivity index (χ0n) is 8.62. The van der Waals surface area contributed by atoms with Crippen LogP contribution in [0.3, 0.4) is 0 Å². The van der Waals surface area contributed by atoms with Crippen LogP contribution in [-0.2, 0) is 12.1 Å². The average Bonchev–Trinajstić information content (AvgIpc) is 2.18. The number of hydrogen-bond acceptors (Lipinski definition) is 3. The van der Waals surface area contributed by atoms with Crippen molar-refractivity contribution in [1.82, 2.24) is 0 Å². The van der Waals surface area contributed by atoms with E-state index in [1.807, 2.05) is 25.1 Å². The molecule has 0 saturated heterocycles. The maximum Gasteiger partial charge on any atom is 0.0685 e. The number of aliphatic hydroxyl groups is 2. The lowest BCUT2D eigenvalue weighted by Gasteiger charge is -2.25. The molecule has 1 atom stereocenters. The highest BCUT2D eigenvalue weighted by Crippen LogP contribution is 2.22. The summed E-state index contributed by atoms with van der Waals surface area (Å²) in [4.78, 5) is 0. The molecule has 1 aromatic carbocycles. The first kappa shape index (κ1) is 11.2. The first-order valence-electron chi connectivity index (χ1n) is 4.62. The van der Waals surface area contributed by atoms with Gasteiger partial charge in [0.15, 0.2) is 0 Å². The molecular formula is C11H17NO2. The number of rotatable bonds is 3. The fourth-order valence-corrected chi connectivity index (χ4v) is 1.44. The van der Waals surface area contributed by atoms with Crippen LogP contribution >= 0.6 is 0 Å². The molecule has 3 nitrogen and oxygen atoms in total. The Kier molecular flexibility index (Phi) is 3.26. The Bertz CT molecular complexity index is 321. The minimum absolute atomic E-state index is 0.0532. The maximum absolute atomic E-state index is 9.15. The molecule has 0 aromatic heterocycles. The smallest absolute Gasteiger partial charge is 0.0685 e. The third-order valence-electron chi connectivity index (χ3n) is 2.38. The van der Waals surface area contributed by atoms with E-state index in [1.165, 1.54) is 0 Å². The van der Waals surface area contributed by atoms with Crippen LogP contribution < -0.4 is 5.73 Å². The van der Waals surface area contributed by atoms with E-state index in [0.29, 0.717) is 0 Å². The van der Waals surface area contributed by atoms with Gasteiger partial charge in [-0.2, -0.15) is 0 Å². The Morgan fingerprint density at radius 1 is 1.36 bits per heavy atom. The monoisotopic (exact) mass is 195 g/mol. The Labute approximate surface area is 84.2 Å². The SMILES string of the molecule is Cc1ccc(CO)c(C(C)(N)CO)c1. The molecular weight excluding hydrogens is 178 g/mol. The molecule has 0 aliphatic heterocycles. The van der Waals surface area contributed by atoms with Gasteiger partial charge in [-0.05, 0) is 25.0 Å². The zero-order valence-corrected chi connectivity index (χ0v) is 8.62. The minimum Gasteiger partial charge on any atom is -0.394 e. The van der Waals surface area contributed by atoms with Gasteiger partial charge in [-0.3, -0.25) is 0 Å². The summed E-state index contributed by atoms with van der Waals surface area (Å²) in [5.41, 5.74) is 7.79. The van der Waals surface area contributed by atoms with Crippen LogP contribution in [-0.4, -0.2) is 16.8 Å². The summed E-state index contributed by atoms with van der Waals surface area (Å²) >= 11 is 0. The first-order valence-corrected chi connectivity index (χ1v) is 4.62. The predicted molar refractivity (Wildman–Crippen MR) is 55.7 cm³/mol. The molecule has 1 rings (SSSR count). The molecule has 4 N–H and O–H groups in total. The summed E-state index contributed by atoms with van der Waals surface area (Å²) in [5.74, 6) is 0. The first-order chi connectivity index (χ1) is 6.51. The molecule has 0 aliphatic rings. The molecule has 0 aliphatic carbocycles. The van der Waals surface area contributed by atoms with Gasteiger partial charge in [0, 0.05) is 0 Å². The van der Waals surface area contributed by atoms with Crippen molar-refractivity contribution in [3.05, 3.63) is 34.9 Å². The highest BCUT2D eigenvalue weighted by molar-refractivity contribution is 5.36. The van der Waals surface area contributed by atoms with Gasteiger partial charge in [-0.25, -0.2) is 0 Å². The van der Waals surface area contributed by atoms with Crippen LogP contribution in [0.1, 0.15) is 23.6 Å². The maximum atomic E-state index is 9.15. The highest BCUT2D eigenvalue weighted by atomic mass is 16.3. The third kappa shape index (κ3) is 2.12. The van der Waals surface area contributed by atoms with E-state index in [2.05, 4.69) is 0 Å². The summed E-state index contributed by atoms with van der Waals surface area (Å²) in [7, 11) is 0. The lowest BCUT2D eigenvalue weighted by molar-refractivity contribution is 0.205. The van der Waals surface area contributed by atoms with Gasteiger partial charge in [-0.1, -0.05) is 23.8 Å². The predicted octanol–water partition coefficient (Wildman–Crippen LogP) is 0.654. The van der Waals surface area contributed by atoms with Crippen LogP contribution in [0, 0.1) is 6.92 Å². The van der Waals surface area contributed by atoms with Crippen molar-refractivity contribution >= 4 is 0 Å². The molecule has 3 heteroatoms. The van der Waals surface area contributed by atoms with Gasteiger partial charge < -0.3 is 15.9 Å². The zero-order chi connectivity index (χ0) is 10.8. The van der Waals surface area contributed by atoms with Crippen LogP contribution in [0.4, 0.5) is 0 Å². The molecule has 78 valence electrons. The van der Waals surface area contributed by atoms with Crippen molar-refractivity contribution in [2.45, 2.75) is 26.0 Å². The largest absolute Gasteiger partial charge is 0.394 e. The van der Waals surface area contributed by atoms with Crippen molar-refractivity contribution < 1.29 is 10.2 Å². The number of aryl methyl sites for hydroxylation is 1. The molecule has 1 unspecified atom stereocenters. The normalized spacial score (nSPS) is 15.2. The Hall–Kier alpha value is -0.900. The highest BCUT2D eigenvalue weighted by Gasteiger charge is 2.22. The summed E-state index contributed by atoms with van der Waals surface area (Å²) in [6.07, 6.45) is 0. The summed E-state index contributed by atoms with van der Waals surface area (Å²) in [5, 5.41) is 18.3. The molecule has 14 heavy (non-hydrogen) atoms. The van der Waals surface area contributed by atoms with Crippen LogP contribution in [0.5, 0.6) is 0 Å². The fourth-order valence-electron chi connectivity index (χ4n) is 1.44. The standard InChI is InChI=1S/C11H17NO2/c1-8-3-4-9(6-13)10(5-8)11(2,12)7-14/h3-5,13-14H,6-7,12H2,1-2H3. The summed E-state index contributed by atoms with van der Waals surface area (Å²) in [6.45, 7) is 3.52. The summed E-state index contributed by atoms with van der Waals surface area (Å²) < 4.78 is 0. The van der Waals surface area contributed by atoms with Crippen LogP contribution in [0.2, 0.25) is 0 Å².